The summed E-state index contributed by atoms with van der Waals surface area (Å²) in [6, 6.07) is 2.51. The number of aliphatic hydroxyl groups is 1. The minimum absolute atomic E-state index is 0.117. The van der Waals surface area contributed by atoms with Gasteiger partial charge in [-0.05, 0) is 31.0 Å². The van der Waals surface area contributed by atoms with Gasteiger partial charge >= 0.3 is 6.18 Å². The van der Waals surface area contributed by atoms with Crippen LogP contribution in [0.25, 0.3) is 11.3 Å². The molecule has 7 nitrogen and oxygen atoms in total. The molecule has 1 aliphatic carbocycles. The molecule has 0 spiro atoms. The standard InChI is InChI=1S/C21H23F3N4O3/c1-11(29)28-9-14-15(10-28)20(25-16-4-2-3-5-17(16)30)27-26-19(14)13-7-6-12(8-18(13)31)21(22,23)24/h6-8,16-17,30-31H,2-5,9-10H2,1H3,(H,25,27)/t16-,17-/m1/s1. The first-order valence-electron chi connectivity index (χ1n) is 10.1. The second-order valence-electron chi connectivity index (χ2n) is 8.06. The van der Waals surface area contributed by atoms with Crippen molar-refractivity contribution >= 4 is 11.7 Å². The fraction of sp³-hybridized carbons (Fsp3) is 0.476. The number of nitrogens with one attached hydrogen (secondary N) is 1. The molecule has 1 amide bonds. The highest BCUT2D eigenvalue weighted by Crippen LogP contribution is 2.40. The van der Waals surface area contributed by atoms with E-state index in [4.69, 9.17) is 0 Å². The molecule has 31 heavy (non-hydrogen) atoms. The molecule has 2 atom stereocenters. The molecule has 10 heteroatoms. The van der Waals surface area contributed by atoms with Gasteiger partial charge in [0.2, 0.25) is 5.91 Å². The van der Waals surface area contributed by atoms with Crippen molar-refractivity contribution in [1.82, 2.24) is 15.1 Å². The minimum Gasteiger partial charge on any atom is -0.507 e. The van der Waals surface area contributed by atoms with E-state index in [-0.39, 0.29) is 36.3 Å². The quantitative estimate of drug-likeness (QED) is 0.682. The number of aromatic nitrogens is 2. The maximum atomic E-state index is 13.0. The van der Waals surface area contributed by atoms with Crippen molar-refractivity contribution in [3.8, 4) is 17.0 Å². The van der Waals surface area contributed by atoms with Gasteiger partial charge < -0.3 is 20.4 Å². The van der Waals surface area contributed by atoms with Gasteiger partial charge in [0.15, 0.2) is 5.82 Å². The number of fused-ring (bicyclic) bond motifs is 1. The van der Waals surface area contributed by atoms with Crippen LogP contribution in [0.15, 0.2) is 18.2 Å². The summed E-state index contributed by atoms with van der Waals surface area (Å²) in [5.74, 6) is -0.279. The first kappa shape index (κ1) is 21.4. The molecule has 0 radical (unpaired) electrons. The number of hydrogen-bond donors (Lipinski definition) is 3. The molecule has 4 rings (SSSR count). The minimum atomic E-state index is -4.58. The third-order valence-corrected chi connectivity index (χ3v) is 5.96. The number of amides is 1. The number of anilines is 1. The molecule has 0 unspecified atom stereocenters. The topological polar surface area (TPSA) is 98.6 Å². The smallest absolute Gasteiger partial charge is 0.416 e. The largest absolute Gasteiger partial charge is 0.507 e. The van der Waals surface area contributed by atoms with E-state index in [1.807, 2.05) is 0 Å². The second-order valence-corrected chi connectivity index (χ2v) is 8.06. The Balaban J connectivity index is 1.74. The van der Waals surface area contributed by atoms with E-state index < -0.39 is 23.6 Å². The van der Waals surface area contributed by atoms with Gasteiger partial charge in [0.1, 0.15) is 11.4 Å². The molecule has 1 aromatic carbocycles. The van der Waals surface area contributed by atoms with Crippen molar-refractivity contribution < 1.29 is 28.2 Å². The number of rotatable bonds is 3. The second kappa shape index (κ2) is 7.99. The summed E-state index contributed by atoms with van der Waals surface area (Å²) < 4.78 is 38.9. The number of alkyl halides is 3. The third kappa shape index (κ3) is 4.16. The Kier molecular flexibility index (Phi) is 5.50. The van der Waals surface area contributed by atoms with Gasteiger partial charge in [-0.3, -0.25) is 4.79 Å². The monoisotopic (exact) mass is 436 g/mol. The zero-order chi connectivity index (χ0) is 22.3. The summed E-state index contributed by atoms with van der Waals surface area (Å²) in [5.41, 5.74) is 0.699. The average Bonchev–Trinajstić information content (AvgIpc) is 3.16. The zero-order valence-corrected chi connectivity index (χ0v) is 16.9. The summed E-state index contributed by atoms with van der Waals surface area (Å²) in [7, 11) is 0. The summed E-state index contributed by atoms with van der Waals surface area (Å²) in [4.78, 5) is 13.6. The van der Waals surface area contributed by atoms with Crippen LogP contribution in [0.4, 0.5) is 19.0 Å². The lowest BCUT2D eigenvalue weighted by Gasteiger charge is -2.29. The fourth-order valence-electron chi connectivity index (χ4n) is 4.20. The number of phenolic OH excluding ortho intramolecular Hbond substituents is 1. The van der Waals surface area contributed by atoms with Crippen LogP contribution in [0, 0.1) is 0 Å². The van der Waals surface area contributed by atoms with E-state index in [1.165, 1.54) is 6.92 Å². The van der Waals surface area contributed by atoms with Crippen LogP contribution in [0.1, 0.15) is 49.3 Å². The first-order chi connectivity index (χ1) is 14.6. The molecule has 1 saturated carbocycles. The maximum Gasteiger partial charge on any atom is 0.416 e. The van der Waals surface area contributed by atoms with E-state index >= 15 is 0 Å². The predicted octanol–water partition coefficient (Wildman–Crippen LogP) is 3.45. The zero-order valence-electron chi connectivity index (χ0n) is 16.9. The number of carbonyl (C=O) groups excluding carboxylic acids is 1. The summed E-state index contributed by atoms with van der Waals surface area (Å²) in [6.45, 7) is 1.90. The van der Waals surface area contributed by atoms with Crippen LogP contribution in [0.3, 0.4) is 0 Å². The SMILES string of the molecule is CC(=O)N1Cc2c(N[C@@H]3CCCC[C@H]3O)nnc(-c3ccc(C(F)(F)F)cc3O)c2C1. The van der Waals surface area contributed by atoms with E-state index in [9.17, 15) is 28.2 Å². The highest BCUT2D eigenvalue weighted by Gasteiger charge is 2.34. The normalized spacial score (nSPS) is 21.1. The van der Waals surface area contributed by atoms with E-state index in [2.05, 4.69) is 15.5 Å². The van der Waals surface area contributed by atoms with Crippen LogP contribution in [-0.4, -0.2) is 43.4 Å². The number of aromatic hydroxyl groups is 1. The predicted molar refractivity (Wildman–Crippen MR) is 106 cm³/mol. The van der Waals surface area contributed by atoms with Gasteiger partial charge in [-0.2, -0.15) is 13.2 Å². The molecule has 2 heterocycles. The summed E-state index contributed by atoms with van der Waals surface area (Å²) in [6.07, 6.45) is -1.71. The first-order valence-corrected chi connectivity index (χ1v) is 10.1. The van der Waals surface area contributed by atoms with Gasteiger partial charge in [0, 0.05) is 30.2 Å². The van der Waals surface area contributed by atoms with Crippen molar-refractivity contribution in [1.29, 1.82) is 0 Å². The number of halogens is 3. The molecule has 0 bridgehead atoms. The highest BCUT2D eigenvalue weighted by atomic mass is 19.4. The number of hydrogen-bond acceptors (Lipinski definition) is 6. The lowest BCUT2D eigenvalue weighted by atomic mass is 9.92. The molecule has 0 saturated heterocycles. The van der Waals surface area contributed by atoms with Crippen molar-refractivity contribution in [2.45, 2.75) is 64.0 Å². The number of benzene rings is 1. The summed E-state index contributed by atoms with van der Waals surface area (Å²) >= 11 is 0. The van der Waals surface area contributed by atoms with Crippen molar-refractivity contribution in [2.75, 3.05) is 5.32 Å². The molecule has 3 N–H and O–H groups in total. The number of carbonyl (C=O) groups is 1. The Labute approximate surface area is 176 Å². The Morgan fingerprint density at radius 3 is 2.52 bits per heavy atom. The molecule has 1 fully saturated rings. The molecular weight excluding hydrogens is 413 g/mol. The Hall–Kier alpha value is -2.88. The lowest BCUT2D eigenvalue weighted by molar-refractivity contribution is -0.137. The van der Waals surface area contributed by atoms with Crippen LogP contribution in [0.2, 0.25) is 0 Å². The number of nitrogens with zero attached hydrogens (tertiary/aromatic N) is 3. The van der Waals surface area contributed by atoms with Gasteiger partial charge in [-0.1, -0.05) is 12.8 Å². The van der Waals surface area contributed by atoms with Gasteiger partial charge in [-0.25, -0.2) is 0 Å². The third-order valence-electron chi connectivity index (χ3n) is 5.96. The van der Waals surface area contributed by atoms with E-state index in [1.54, 1.807) is 4.90 Å². The average molecular weight is 436 g/mol. The highest BCUT2D eigenvalue weighted by molar-refractivity contribution is 5.78. The maximum absolute atomic E-state index is 13.0. The fourth-order valence-corrected chi connectivity index (χ4v) is 4.20. The van der Waals surface area contributed by atoms with Crippen LogP contribution < -0.4 is 5.32 Å². The molecule has 2 aliphatic rings. The number of phenols is 1. The summed E-state index contributed by atoms with van der Waals surface area (Å²) in [5, 5.41) is 32.2. The van der Waals surface area contributed by atoms with Gasteiger partial charge in [0.25, 0.3) is 0 Å². The van der Waals surface area contributed by atoms with Crippen LogP contribution in [-0.2, 0) is 24.1 Å². The van der Waals surface area contributed by atoms with E-state index in [0.29, 0.717) is 29.4 Å². The van der Waals surface area contributed by atoms with Crippen molar-refractivity contribution in [3.63, 3.8) is 0 Å². The number of aliphatic hydroxyl groups excluding tert-OH is 1. The van der Waals surface area contributed by atoms with E-state index in [0.717, 1.165) is 31.4 Å². The molecular formula is C21H23F3N4O3. The van der Waals surface area contributed by atoms with Crippen LogP contribution >= 0.6 is 0 Å². The molecule has 1 aliphatic heterocycles. The van der Waals surface area contributed by atoms with Gasteiger partial charge in [-0.15, -0.1) is 10.2 Å². The lowest BCUT2D eigenvalue weighted by Crippen LogP contribution is -2.37. The van der Waals surface area contributed by atoms with Gasteiger partial charge in [0.05, 0.1) is 24.3 Å². The molecule has 1 aromatic heterocycles. The van der Waals surface area contributed by atoms with Crippen LogP contribution in [0.5, 0.6) is 5.75 Å². The molecule has 166 valence electrons. The van der Waals surface area contributed by atoms with Crippen molar-refractivity contribution in [2.24, 2.45) is 0 Å². The van der Waals surface area contributed by atoms with Crippen molar-refractivity contribution in [3.05, 3.63) is 34.9 Å². The Bertz CT molecular complexity index is 1010. The molecule has 2 aromatic rings. The Morgan fingerprint density at radius 2 is 1.87 bits per heavy atom. The Morgan fingerprint density at radius 1 is 1.16 bits per heavy atom.